The van der Waals surface area contributed by atoms with Crippen LogP contribution in [0.3, 0.4) is 0 Å². The van der Waals surface area contributed by atoms with Crippen molar-refractivity contribution >= 4 is 47.0 Å². The number of ether oxygens (including phenoxy) is 2. The zero-order valence-corrected chi connectivity index (χ0v) is 22.3. The Balaban J connectivity index is 0.00000341. The van der Waals surface area contributed by atoms with Crippen LogP contribution in [0.2, 0.25) is 0 Å². The second kappa shape index (κ2) is 11.8. The monoisotopic (exact) mass is 558 g/mol. The maximum Gasteiger partial charge on any atom is 0.191 e. The van der Waals surface area contributed by atoms with Crippen LogP contribution in [0.15, 0.2) is 40.7 Å². The highest BCUT2D eigenvalue weighted by Gasteiger charge is 2.24. The molecule has 1 saturated heterocycles. The van der Waals surface area contributed by atoms with Crippen LogP contribution in [0.25, 0.3) is 0 Å². The standard InChI is InChI=1S/C23H34N4O2S.HI/c1-23(2,21-7-6-12-30-21)16-25-22(24-3)26-17-8-10-27(11-9-17)18-13-19(28-4)15-20(14-18)29-5;/h6-7,12-15,17H,8-11,16H2,1-5H3,(H2,24,25,26);1H. The van der Waals surface area contributed by atoms with Crippen molar-refractivity contribution < 1.29 is 9.47 Å². The number of aliphatic imine (C=N–C) groups is 1. The number of guanidine groups is 1. The van der Waals surface area contributed by atoms with Crippen LogP contribution in [0.1, 0.15) is 31.6 Å². The van der Waals surface area contributed by atoms with Gasteiger partial charge in [0.1, 0.15) is 11.5 Å². The minimum Gasteiger partial charge on any atom is -0.497 e. The average molecular weight is 559 g/mol. The van der Waals surface area contributed by atoms with Gasteiger partial charge in [-0.1, -0.05) is 19.9 Å². The number of anilines is 1. The zero-order valence-electron chi connectivity index (χ0n) is 19.1. The van der Waals surface area contributed by atoms with Crippen molar-refractivity contribution in [1.82, 2.24) is 10.6 Å². The molecule has 0 atom stereocenters. The van der Waals surface area contributed by atoms with Crippen LogP contribution in [0.4, 0.5) is 5.69 Å². The molecular weight excluding hydrogens is 523 g/mol. The van der Waals surface area contributed by atoms with Crippen LogP contribution in [0, 0.1) is 0 Å². The number of nitrogens with zero attached hydrogens (tertiary/aromatic N) is 2. The van der Waals surface area contributed by atoms with E-state index in [1.807, 2.05) is 13.1 Å². The van der Waals surface area contributed by atoms with E-state index in [4.69, 9.17) is 9.47 Å². The average Bonchev–Trinajstić information content (AvgIpc) is 3.32. The number of methoxy groups -OCH3 is 2. The van der Waals surface area contributed by atoms with Gasteiger partial charge >= 0.3 is 0 Å². The Morgan fingerprint density at radius 3 is 2.32 bits per heavy atom. The molecule has 1 aromatic heterocycles. The molecule has 2 N–H and O–H groups in total. The van der Waals surface area contributed by atoms with Crippen LogP contribution >= 0.6 is 35.3 Å². The van der Waals surface area contributed by atoms with Gasteiger partial charge in [0.2, 0.25) is 0 Å². The van der Waals surface area contributed by atoms with E-state index in [1.165, 1.54) is 4.88 Å². The molecule has 1 aliphatic rings. The van der Waals surface area contributed by atoms with Gasteiger partial charge in [0.05, 0.1) is 14.2 Å². The van der Waals surface area contributed by atoms with E-state index >= 15 is 0 Å². The third kappa shape index (κ3) is 6.90. The number of hydrogen-bond donors (Lipinski definition) is 2. The Morgan fingerprint density at radius 2 is 1.81 bits per heavy atom. The topological polar surface area (TPSA) is 58.1 Å². The number of halogens is 1. The summed E-state index contributed by atoms with van der Waals surface area (Å²) in [5, 5.41) is 9.26. The molecule has 31 heavy (non-hydrogen) atoms. The predicted octanol–water partition coefficient (Wildman–Crippen LogP) is 4.49. The SMILES string of the molecule is CN=C(NCC(C)(C)c1cccs1)NC1CCN(c2cc(OC)cc(OC)c2)CC1.I. The number of piperidine rings is 1. The maximum atomic E-state index is 5.42. The molecule has 0 radical (unpaired) electrons. The Hall–Kier alpha value is -1.68. The van der Waals surface area contributed by atoms with E-state index in [-0.39, 0.29) is 29.4 Å². The molecule has 8 heteroatoms. The third-order valence-corrected chi connectivity index (χ3v) is 6.88. The zero-order chi connectivity index (χ0) is 21.6. The first-order chi connectivity index (χ1) is 14.4. The molecule has 6 nitrogen and oxygen atoms in total. The molecule has 0 spiro atoms. The largest absolute Gasteiger partial charge is 0.497 e. The van der Waals surface area contributed by atoms with Gasteiger partial charge < -0.3 is 25.0 Å². The van der Waals surface area contributed by atoms with E-state index < -0.39 is 0 Å². The van der Waals surface area contributed by atoms with Crippen LogP contribution in [-0.4, -0.2) is 52.9 Å². The molecule has 0 unspecified atom stereocenters. The lowest BCUT2D eigenvalue weighted by Gasteiger charge is -2.35. The fourth-order valence-electron chi connectivity index (χ4n) is 3.70. The number of hydrogen-bond acceptors (Lipinski definition) is 5. The number of rotatable bonds is 7. The third-order valence-electron chi connectivity index (χ3n) is 5.65. The Kier molecular flexibility index (Phi) is 9.74. The minimum atomic E-state index is 0. The van der Waals surface area contributed by atoms with Gasteiger partial charge in [0.25, 0.3) is 0 Å². The fourth-order valence-corrected chi connectivity index (χ4v) is 4.55. The minimum absolute atomic E-state index is 0. The van der Waals surface area contributed by atoms with Gasteiger partial charge in [-0.2, -0.15) is 0 Å². The molecule has 1 fully saturated rings. The molecule has 2 aromatic rings. The molecular formula is C23H35IN4O2S. The van der Waals surface area contributed by atoms with E-state index in [2.05, 4.69) is 64.0 Å². The van der Waals surface area contributed by atoms with Gasteiger partial charge in [-0.3, -0.25) is 4.99 Å². The lowest BCUT2D eigenvalue weighted by Crippen LogP contribution is -2.50. The first-order valence-corrected chi connectivity index (χ1v) is 11.3. The summed E-state index contributed by atoms with van der Waals surface area (Å²) in [7, 11) is 5.21. The summed E-state index contributed by atoms with van der Waals surface area (Å²) in [6, 6.07) is 10.8. The summed E-state index contributed by atoms with van der Waals surface area (Å²) >= 11 is 1.80. The molecule has 0 saturated carbocycles. The van der Waals surface area contributed by atoms with Crippen molar-refractivity contribution in [2.24, 2.45) is 4.99 Å². The van der Waals surface area contributed by atoms with Crippen LogP contribution in [-0.2, 0) is 5.41 Å². The number of benzene rings is 1. The van der Waals surface area contributed by atoms with Crippen molar-refractivity contribution in [3.63, 3.8) is 0 Å². The summed E-state index contributed by atoms with van der Waals surface area (Å²) in [5.74, 6) is 2.52. The summed E-state index contributed by atoms with van der Waals surface area (Å²) in [4.78, 5) is 8.21. The molecule has 3 rings (SSSR count). The molecule has 2 heterocycles. The first kappa shape index (κ1) is 25.6. The first-order valence-electron chi connectivity index (χ1n) is 10.4. The lowest BCUT2D eigenvalue weighted by molar-refractivity contribution is 0.393. The van der Waals surface area contributed by atoms with Gasteiger partial charge in [-0.25, -0.2) is 0 Å². The van der Waals surface area contributed by atoms with E-state index in [1.54, 1.807) is 25.6 Å². The number of nitrogens with one attached hydrogen (secondary N) is 2. The van der Waals surface area contributed by atoms with Crippen LogP contribution in [0.5, 0.6) is 11.5 Å². The highest BCUT2D eigenvalue weighted by molar-refractivity contribution is 14.0. The van der Waals surface area contributed by atoms with Crippen molar-refractivity contribution in [1.29, 1.82) is 0 Å². The summed E-state index contributed by atoms with van der Waals surface area (Å²) in [6.45, 7) is 7.33. The van der Waals surface area contributed by atoms with Crippen molar-refractivity contribution in [3.8, 4) is 11.5 Å². The highest BCUT2D eigenvalue weighted by atomic mass is 127. The fraction of sp³-hybridized carbons (Fsp3) is 0.522. The molecule has 1 aromatic carbocycles. The second-order valence-corrected chi connectivity index (χ2v) is 9.21. The van der Waals surface area contributed by atoms with Gasteiger partial charge in [0.15, 0.2) is 5.96 Å². The molecule has 1 aliphatic heterocycles. The van der Waals surface area contributed by atoms with E-state index in [9.17, 15) is 0 Å². The quantitative estimate of drug-likeness (QED) is 0.298. The Labute approximate surface area is 207 Å². The van der Waals surface area contributed by atoms with Gasteiger partial charge in [-0.05, 0) is 24.3 Å². The van der Waals surface area contributed by atoms with Crippen molar-refractivity contribution in [3.05, 3.63) is 40.6 Å². The Bertz CT molecular complexity index is 812. The van der Waals surface area contributed by atoms with Crippen LogP contribution < -0.4 is 25.0 Å². The van der Waals surface area contributed by atoms with E-state index in [0.717, 1.165) is 55.6 Å². The smallest absolute Gasteiger partial charge is 0.191 e. The summed E-state index contributed by atoms with van der Waals surface area (Å²) in [6.07, 6.45) is 2.10. The molecule has 172 valence electrons. The van der Waals surface area contributed by atoms with Gasteiger partial charge in [0, 0.05) is 66.9 Å². The van der Waals surface area contributed by atoms with Gasteiger partial charge in [-0.15, -0.1) is 35.3 Å². The Morgan fingerprint density at radius 1 is 1.16 bits per heavy atom. The van der Waals surface area contributed by atoms with E-state index in [0.29, 0.717) is 6.04 Å². The molecule has 0 aliphatic carbocycles. The maximum absolute atomic E-state index is 5.42. The molecule has 0 bridgehead atoms. The lowest BCUT2D eigenvalue weighted by atomic mass is 9.91. The second-order valence-electron chi connectivity index (χ2n) is 8.26. The predicted molar refractivity (Wildman–Crippen MR) is 142 cm³/mol. The normalized spacial score (nSPS) is 15.3. The molecule has 0 amide bonds. The summed E-state index contributed by atoms with van der Waals surface area (Å²) in [5.41, 5.74) is 1.21. The summed E-state index contributed by atoms with van der Waals surface area (Å²) < 4.78 is 10.8. The highest BCUT2D eigenvalue weighted by Crippen LogP contribution is 2.30. The number of thiophene rings is 1. The van der Waals surface area contributed by atoms with Crippen molar-refractivity contribution in [2.75, 3.05) is 45.8 Å². The van der Waals surface area contributed by atoms with Crippen molar-refractivity contribution in [2.45, 2.75) is 38.1 Å².